The average molecular weight is 395 g/mol. The Balaban J connectivity index is 1.41. The number of nitrogens with zero attached hydrogens (tertiary/aromatic N) is 2. The number of nitrogens with one attached hydrogen (secondary N) is 1. The van der Waals surface area contributed by atoms with Crippen LogP contribution in [0.3, 0.4) is 0 Å². The van der Waals surface area contributed by atoms with Crippen LogP contribution < -0.4 is 5.32 Å². The van der Waals surface area contributed by atoms with E-state index in [1.165, 1.54) is 6.26 Å². The van der Waals surface area contributed by atoms with Crippen LogP contribution in [0.5, 0.6) is 0 Å². The number of furan rings is 1. The van der Waals surface area contributed by atoms with Crippen LogP contribution in [-0.2, 0) is 22.6 Å². The Kier molecular flexibility index (Phi) is 5.64. The minimum atomic E-state index is -0.587. The third-order valence-corrected chi connectivity index (χ3v) is 5.62. The first-order chi connectivity index (χ1) is 14.1. The lowest BCUT2D eigenvalue weighted by Gasteiger charge is -2.35. The van der Waals surface area contributed by atoms with Gasteiger partial charge in [-0.25, -0.2) is 0 Å². The summed E-state index contributed by atoms with van der Waals surface area (Å²) in [4.78, 5) is 41.0. The summed E-state index contributed by atoms with van der Waals surface area (Å²) in [7, 11) is 0. The van der Waals surface area contributed by atoms with Gasteiger partial charge in [-0.15, -0.1) is 0 Å². The molecule has 0 bridgehead atoms. The number of rotatable bonds is 6. The van der Waals surface area contributed by atoms with Crippen LogP contribution in [0, 0.1) is 0 Å². The second kappa shape index (κ2) is 8.51. The molecular weight excluding hydrogens is 370 g/mol. The molecule has 2 aliphatic rings. The van der Waals surface area contributed by atoms with Gasteiger partial charge in [-0.05, 0) is 36.1 Å². The molecule has 0 radical (unpaired) electrons. The molecule has 1 saturated heterocycles. The molecule has 1 atom stereocenters. The number of amides is 3. The van der Waals surface area contributed by atoms with Gasteiger partial charge < -0.3 is 19.5 Å². The Hall–Kier alpha value is -3.09. The van der Waals surface area contributed by atoms with Crippen molar-refractivity contribution >= 4 is 17.7 Å². The largest absolute Gasteiger partial charge is 0.459 e. The van der Waals surface area contributed by atoms with Gasteiger partial charge >= 0.3 is 0 Å². The van der Waals surface area contributed by atoms with Gasteiger partial charge in [0.15, 0.2) is 5.76 Å². The van der Waals surface area contributed by atoms with Crippen molar-refractivity contribution in [3.8, 4) is 0 Å². The third-order valence-electron chi connectivity index (χ3n) is 5.62. The molecule has 1 aromatic heterocycles. The summed E-state index contributed by atoms with van der Waals surface area (Å²) in [6.07, 6.45) is 4.17. The molecule has 3 amide bonds. The Morgan fingerprint density at radius 2 is 1.97 bits per heavy atom. The van der Waals surface area contributed by atoms with Crippen molar-refractivity contribution < 1.29 is 18.8 Å². The van der Waals surface area contributed by atoms with E-state index in [2.05, 4.69) is 5.32 Å². The molecule has 3 heterocycles. The molecule has 29 heavy (non-hydrogen) atoms. The highest BCUT2D eigenvalue weighted by atomic mass is 16.3. The van der Waals surface area contributed by atoms with Crippen LogP contribution in [0.15, 0.2) is 47.1 Å². The van der Waals surface area contributed by atoms with Gasteiger partial charge in [0, 0.05) is 39.0 Å². The summed E-state index contributed by atoms with van der Waals surface area (Å²) in [6.45, 7) is 2.30. The van der Waals surface area contributed by atoms with Crippen LogP contribution in [0.1, 0.15) is 40.9 Å². The Bertz CT molecular complexity index is 893. The van der Waals surface area contributed by atoms with Crippen molar-refractivity contribution in [2.45, 2.75) is 38.3 Å². The summed E-state index contributed by atoms with van der Waals surface area (Å²) < 4.78 is 5.27. The topological polar surface area (TPSA) is 82.9 Å². The Labute approximate surface area is 169 Å². The first-order valence-electron chi connectivity index (χ1n) is 10.1. The average Bonchev–Trinajstić information content (AvgIpc) is 3.41. The molecule has 7 nitrogen and oxygen atoms in total. The van der Waals surface area contributed by atoms with Gasteiger partial charge in [0.25, 0.3) is 5.91 Å². The fourth-order valence-corrected chi connectivity index (χ4v) is 4.05. The standard InChI is InChI=1S/C22H25N3O4/c26-20-9-3-11-24(20)12-5-10-23-21(27)18-14-16-6-1-2-7-17(16)15-25(18)22(28)19-8-4-13-29-19/h1-2,4,6-8,13,18H,3,5,9-12,14-15H2,(H,23,27). The van der Waals surface area contributed by atoms with E-state index in [0.29, 0.717) is 38.9 Å². The van der Waals surface area contributed by atoms with Gasteiger partial charge in [0.2, 0.25) is 11.8 Å². The van der Waals surface area contributed by atoms with Crippen molar-refractivity contribution in [2.75, 3.05) is 19.6 Å². The molecule has 2 aromatic rings. The number of carbonyl (C=O) groups is 3. The van der Waals surface area contributed by atoms with E-state index in [9.17, 15) is 14.4 Å². The smallest absolute Gasteiger partial charge is 0.290 e. The number of hydrogen-bond donors (Lipinski definition) is 1. The predicted molar refractivity (Wildman–Crippen MR) is 106 cm³/mol. The van der Waals surface area contributed by atoms with Crippen LogP contribution in [0.25, 0.3) is 0 Å². The third kappa shape index (κ3) is 4.18. The van der Waals surface area contributed by atoms with Crippen LogP contribution >= 0.6 is 0 Å². The number of likely N-dealkylation sites (tertiary alicyclic amines) is 1. The first kappa shape index (κ1) is 19.2. The van der Waals surface area contributed by atoms with Crippen molar-refractivity contribution in [1.29, 1.82) is 0 Å². The Morgan fingerprint density at radius 1 is 1.14 bits per heavy atom. The highest BCUT2D eigenvalue weighted by Crippen LogP contribution is 2.25. The zero-order chi connectivity index (χ0) is 20.2. The van der Waals surface area contributed by atoms with Crippen LogP contribution in [0.2, 0.25) is 0 Å². The van der Waals surface area contributed by atoms with E-state index in [-0.39, 0.29) is 23.5 Å². The van der Waals surface area contributed by atoms with E-state index >= 15 is 0 Å². The number of fused-ring (bicyclic) bond motifs is 1. The maximum Gasteiger partial charge on any atom is 0.290 e. The molecule has 0 saturated carbocycles. The molecule has 1 N–H and O–H groups in total. The monoisotopic (exact) mass is 395 g/mol. The quantitative estimate of drug-likeness (QED) is 0.758. The van der Waals surface area contributed by atoms with Gasteiger partial charge in [-0.3, -0.25) is 14.4 Å². The van der Waals surface area contributed by atoms with Crippen molar-refractivity contribution in [3.05, 3.63) is 59.5 Å². The molecular formula is C22H25N3O4. The van der Waals surface area contributed by atoms with E-state index in [4.69, 9.17) is 4.42 Å². The molecule has 1 fully saturated rings. The zero-order valence-electron chi connectivity index (χ0n) is 16.3. The highest BCUT2D eigenvalue weighted by molar-refractivity contribution is 5.96. The number of carbonyl (C=O) groups excluding carboxylic acids is 3. The molecule has 1 aromatic carbocycles. The molecule has 2 aliphatic heterocycles. The first-order valence-corrected chi connectivity index (χ1v) is 10.1. The minimum Gasteiger partial charge on any atom is -0.459 e. The lowest BCUT2D eigenvalue weighted by Crippen LogP contribution is -2.52. The molecule has 7 heteroatoms. The van der Waals surface area contributed by atoms with E-state index in [0.717, 1.165) is 24.1 Å². The zero-order valence-corrected chi connectivity index (χ0v) is 16.3. The molecule has 4 rings (SSSR count). The molecule has 0 spiro atoms. The van der Waals surface area contributed by atoms with Crippen molar-refractivity contribution in [2.24, 2.45) is 0 Å². The summed E-state index contributed by atoms with van der Waals surface area (Å²) in [5, 5.41) is 2.95. The summed E-state index contributed by atoms with van der Waals surface area (Å²) in [5.41, 5.74) is 2.13. The second-order valence-corrected chi connectivity index (χ2v) is 7.53. The van der Waals surface area contributed by atoms with E-state index in [1.807, 2.05) is 29.2 Å². The van der Waals surface area contributed by atoms with Gasteiger partial charge in [-0.1, -0.05) is 24.3 Å². The lowest BCUT2D eigenvalue weighted by atomic mass is 9.93. The van der Waals surface area contributed by atoms with Crippen molar-refractivity contribution in [3.63, 3.8) is 0 Å². The summed E-state index contributed by atoms with van der Waals surface area (Å²) in [6, 6.07) is 10.6. The van der Waals surface area contributed by atoms with Gasteiger partial charge in [0.1, 0.15) is 6.04 Å². The highest BCUT2D eigenvalue weighted by Gasteiger charge is 2.35. The second-order valence-electron chi connectivity index (χ2n) is 7.53. The fraction of sp³-hybridized carbons (Fsp3) is 0.409. The van der Waals surface area contributed by atoms with Crippen LogP contribution in [-0.4, -0.2) is 53.2 Å². The van der Waals surface area contributed by atoms with E-state index < -0.39 is 6.04 Å². The molecule has 1 unspecified atom stereocenters. The van der Waals surface area contributed by atoms with E-state index in [1.54, 1.807) is 17.0 Å². The Morgan fingerprint density at radius 3 is 2.69 bits per heavy atom. The normalized spacial score (nSPS) is 18.6. The number of hydrogen-bond acceptors (Lipinski definition) is 4. The van der Waals surface area contributed by atoms with Gasteiger partial charge in [-0.2, -0.15) is 0 Å². The SMILES string of the molecule is O=C(NCCCN1CCCC1=O)C1Cc2ccccc2CN1C(=O)c1ccco1. The summed E-state index contributed by atoms with van der Waals surface area (Å²) in [5.74, 6) is -0.0374. The minimum absolute atomic E-state index is 0.174. The maximum absolute atomic E-state index is 12.9. The number of benzene rings is 1. The predicted octanol–water partition coefficient (Wildman–Crippen LogP) is 1.98. The van der Waals surface area contributed by atoms with Gasteiger partial charge in [0.05, 0.1) is 6.26 Å². The van der Waals surface area contributed by atoms with Crippen molar-refractivity contribution in [1.82, 2.24) is 15.1 Å². The van der Waals surface area contributed by atoms with Crippen LogP contribution in [0.4, 0.5) is 0 Å². The lowest BCUT2D eigenvalue weighted by molar-refractivity contribution is -0.127. The fourth-order valence-electron chi connectivity index (χ4n) is 4.05. The molecule has 152 valence electrons. The molecule has 0 aliphatic carbocycles. The maximum atomic E-state index is 12.9. The summed E-state index contributed by atoms with van der Waals surface area (Å²) >= 11 is 0.